The van der Waals surface area contributed by atoms with Crippen LogP contribution >= 0.6 is 0 Å². The molecule has 23 heavy (non-hydrogen) atoms. The van der Waals surface area contributed by atoms with E-state index in [2.05, 4.69) is 10.1 Å². The third-order valence-corrected chi connectivity index (χ3v) is 3.17. The number of hydrogen-bond acceptors (Lipinski definition) is 6. The first kappa shape index (κ1) is 18.6. The van der Waals surface area contributed by atoms with Crippen LogP contribution in [0.1, 0.15) is 25.8 Å². The second-order valence-electron chi connectivity index (χ2n) is 5.54. The Bertz CT molecular complexity index is 584. The predicted octanol–water partition coefficient (Wildman–Crippen LogP) is 2.60. The highest BCUT2D eigenvalue weighted by molar-refractivity contribution is 5.87. The highest BCUT2D eigenvalue weighted by atomic mass is 16.6. The van der Waals surface area contributed by atoms with Gasteiger partial charge in [0.25, 0.3) is 5.69 Å². The number of carbonyl (C=O) groups excluding carboxylic acids is 1. The van der Waals surface area contributed by atoms with Crippen molar-refractivity contribution in [1.29, 1.82) is 0 Å². The molecule has 0 radical (unpaired) electrons. The van der Waals surface area contributed by atoms with Gasteiger partial charge in [-0.2, -0.15) is 0 Å². The summed E-state index contributed by atoms with van der Waals surface area (Å²) in [5, 5.41) is 23.7. The fourth-order valence-electron chi connectivity index (χ4n) is 2.13. The number of hydrogen-bond donors (Lipinski definition) is 2. The number of nitrogens with zero attached hydrogens (tertiary/aromatic N) is 1. The second kappa shape index (κ2) is 8.89. The van der Waals surface area contributed by atoms with Crippen molar-refractivity contribution in [2.45, 2.75) is 26.3 Å². The van der Waals surface area contributed by atoms with Gasteiger partial charge < -0.3 is 15.2 Å². The number of anilines is 1. The lowest BCUT2D eigenvalue weighted by atomic mass is 10.0. The molecule has 0 fully saturated rings. The number of nitrogens with one attached hydrogen (secondary N) is 1. The van der Waals surface area contributed by atoms with E-state index in [0.717, 1.165) is 0 Å². The molecule has 0 aliphatic heterocycles. The van der Waals surface area contributed by atoms with Crippen molar-refractivity contribution in [3.63, 3.8) is 0 Å². The molecule has 126 valence electrons. The van der Waals surface area contributed by atoms with Crippen molar-refractivity contribution in [1.82, 2.24) is 0 Å². The van der Waals surface area contributed by atoms with Crippen molar-refractivity contribution in [3.05, 3.63) is 40.0 Å². The molecule has 0 bridgehead atoms. The van der Waals surface area contributed by atoms with Gasteiger partial charge in [0.2, 0.25) is 0 Å². The van der Waals surface area contributed by atoms with Gasteiger partial charge in [-0.15, -0.1) is 0 Å². The quantitative estimate of drug-likeness (QED) is 0.330. The lowest BCUT2D eigenvalue weighted by molar-refractivity contribution is -0.384. The summed E-state index contributed by atoms with van der Waals surface area (Å²) in [6.45, 7) is 3.91. The maximum Gasteiger partial charge on any atom is 0.330 e. The summed E-state index contributed by atoms with van der Waals surface area (Å²) in [7, 11) is 1.26. The van der Waals surface area contributed by atoms with Crippen LogP contribution in [0.15, 0.2) is 24.3 Å². The van der Waals surface area contributed by atoms with E-state index in [0.29, 0.717) is 23.6 Å². The largest absolute Gasteiger partial charge is 0.466 e. The standard InChI is InChI=1S/C16H22N2O5/c1-11(2)8-13(10-19)17-14-6-4-12(5-7-16(20)23-3)9-15(14)18(21)22/h4-7,9,11,13,17,19H,8,10H2,1-3H3/b7-5+. The van der Waals surface area contributed by atoms with Gasteiger partial charge in [0.05, 0.1) is 18.6 Å². The second-order valence-corrected chi connectivity index (χ2v) is 5.54. The third-order valence-electron chi connectivity index (χ3n) is 3.17. The summed E-state index contributed by atoms with van der Waals surface area (Å²) in [4.78, 5) is 21.8. The van der Waals surface area contributed by atoms with Gasteiger partial charge in [-0.1, -0.05) is 19.9 Å². The van der Waals surface area contributed by atoms with Gasteiger partial charge in [-0.05, 0) is 30.0 Å². The number of esters is 1. The van der Waals surface area contributed by atoms with Crippen molar-refractivity contribution in [2.24, 2.45) is 5.92 Å². The number of ether oxygens (including phenoxy) is 1. The highest BCUT2D eigenvalue weighted by Gasteiger charge is 2.18. The van der Waals surface area contributed by atoms with Crippen LogP contribution in [0.5, 0.6) is 0 Å². The smallest absolute Gasteiger partial charge is 0.330 e. The first-order chi connectivity index (χ1) is 10.9. The number of nitro benzene ring substituents is 1. The Morgan fingerprint density at radius 2 is 2.17 bits per heavy atom. The monoisotopic (exact) mass is 322 g/mol. The van der Waals surface area contributed by atoms with E-state index in [1.54, 1.807) is 12.1 Å². The van der Waals surface area contributed by atoms with Crippen molar-refractivity contribution in [3.8, 4) is 0 Å². The average molecular weight is 322 g/mol. The van der Waals surface area contributed by atoms with E-state index in [4.69, 9.17) is 0 Å². The van der Waals surface area contributed by atoms with E-state index in [1.165, 1.54) is 25.3 Å². The van der Waals surface area contributed by atoms with Crippen LogP contribution in [0.25, 0.3) is 6.08 Å². The molecular weight excluding hydrogens is 300 g/mol. The molecule has 1 rings (SSSR count). The van der Waals surface area contributed by atoms with Gasteiger partial charge in [0.1, 0.15) is 5.69 Å². The lowest BCUT2D eigenvalue weighted by Gasteiger charge is -2.19. The lowest BCUT2D eigenvalue weighted by Crippen LogP contribution is -2.26. The molecule has 0 aromatic heterocycles. The Balaban J connectivity index is 3.02. The Labute approximate surface area is 135 Å². The van der Waals surface area contributed by atoms with Crippen LogP contribution in [0.2, 0.25) is 0 Å². The topological polar surface area (TPSA) is 102 Å². The van der Waals surface area contributed by atoms with Crippen LogP contribution in [0.3, 0.4) is 0 Å². The molecule has 0 amide bonds. The minimum absolute atomic E-state index is 0.112. The minimum Gasteiger partial charge on any atom is -0.466 e. The number of benzene rings is 1. The van der Waals surface area contributed by atoms with Gasteiger partial charge in [0.15, 0.2) is 0 Å². The molecule has 2 N–H and O–H groups in total. The molecular formula is C16H22N2O5. The molecule has 1 unspecified atom stereocenters. The molecule has 0 saturated heterocycles. The number of methoxy groups -OCH3 is 1. The number of rotatable bonds is 8. The molecule has 0 aliphatic carbocycles. The molecule has 1 atom stereocenters. The van der Waals surface area contributed by atoms with E-state index < -0.39 is 10.9 Å². The van der Waals surface area contributed by atoms with E-state index >= 15 is 0 Å². The van der Waals surface area contributed by atoms with E-state index in [-0.39, 0.29) is 18.3 Å². The van der Waals surface area contributed by atoms with E-state index in [1.807, 2.05) is 13.8 Å². The molecule has 1 aromatic rings. The van der Waals surface area contributed by atoms with Gasteiger partial charge in [-0.25, -0.2) is 4.79 Å². The fourth-order valence-corrected chi connectivity index (χ4v) is 2.13. The maximum absolute atomic E-state index is 11.2. The Morgan fingerprint density at radius 3 is 2.70 bits per heavy atom. The van der Waals surface area contributed by atoms with Crippen molar-refractivity contribution < 1.29 is 19.6 Å². The first-order valence-electron chi connectivity index (χ1n) is 7.29. The minimum atomic E-state index is -0.535. The zero-order chi connectivity index (χ0) is 17.4. The molecule has 7 nitrogen and oxygen atoms in total. The molecule has 7 heteroatoms. The summed E-state index contributed by atoms with van der Waals surface area (Å²) in [5.74, 6) is -0.187. The summed E-state index contributed by atoms with van der Waals surface area (Å²) >= 11 is 0. The van der Waals surface area contributed by atoms with Crippen LogP contribution < -0.4 is 5.32 Å². The molecule has 1 aromatic carbocycles. The Hall–Kier alpha value is -2.41. The summed E-state index contributed by atoms with van der Waals surface area (Å²) in [6, 6.07) is 4.33. The summed E-state index contributed by atoms with van der Waals surface area (Å²) in [6.07, 6.45) is 3.33. The van der Waals surface area contributed by atoms with Crippen molar-refractivity contribution in [2.75, 3.05) is 19.0 Å². The van der Waals surface area contributed by atoms with Gasteiger partial charge >= 0.3 is 5.97 Å². The van der Waals surface area contributed by atoms with Crippen LogP contribution in [-0.4, -0.2) is 35.8 Å². The van der Waals surface area contributed by atoms with Crippen LogP contribution in [-0.2, 0) is 9.53 Å². The molecule has 0 saturated carbocycles. The summed E-state index contributed by atoms with van der Waals surface area (Å²) in [5.41, 5.74) is 0.737. The van der Waals surface area contributed by atoms with Gasteiger partial charge in [0, 0.05) is 18.2 Å². The first-order valence-corrected chi connectivity index (χ1v) is 7.29. The number of aliphatic hydroxyl groups excluding tert-OH is 1. The average Bonchev–Trinajstić information content (AvgIpc) is 2.51. The van der Waals surface area contributed by atoms with Crippen LogP contribution in [0.4, 0.5) is 11.4 Å². The normalized spacial score (nSPS) is 12.4. The predicted molar refractivity (Wildman–Crippen MR) is 88.1 cm³/mol. The van der Waals surface area contributed by atoms with E-state index in [9.17, 15) is 20.0 Å². The number of nitro groups is 1. The third kappa shape index (κ3) is 6.07. The number of aliphatic hydroxyl groups is 1. The zero-order valence-electron chi connectivity index (χ0n) is 13.5. The fraction of sp³-hybridized carbons (Fsp3) is 0.438. The Morgan fingerprint density at radius 1 is 1.48 bits per heavy atom. The van der Waals surface area contributed by atoms with Crippen LogP contribution in [0, 0.1) is 16.0 Å². The van der Waals surface area contributed by atoms with Gasteiger partial charge in [-0.3, -0.25) is 10.1 Å². The molecule has 0 heterocycles. The zero-order valence-corrected chi connectivity index (χ0v) is 13.5. The summed E-state index contributed by atoms with van der Waals surface area (Å²) < 4.78 is 4.48. The van der Waals surface area contributed by atoms with Crippen molar-refractivity contribution >= 4 is 23.4 Å². The SMILES string of the molecule is COC(=O)/C=C/c1ccc(NC(CO)CC(C)C)c([N+](=O)[O-])c1. The maximum atomic E-state index is 11.2. The Kier molecular flexibility index (Phi) is 7.21. The molecule has 0 aliphatic rings. The number of carbonyl (C=O) groups is 1. The highest BCUT2D eigenvalue weighted by Crippen LogP contribution is 2.27. The molecule has 0 spiro atoms.